The highest BCUT2D eigenvalue weighted by Gasteiger charge is 2.10. The Hall–Kier alpha value is -2.30. The van der Waals surface area contributed by atoms with Gasteiger partial charge in [0.25, 0.3) is 0 Å². The zero-order valence-electron chi connectivity index (χ0n) is 12.5. The van der Waals surface area contributed by atoms with Crippen LogP contribution in [0.25, 0.3) is 11.1 Å². The van der Waals surface area contributed by atoms with Crippen LogP contribution in [0.15, 0.2) is 36.7 Å². The highest BCUT2D eigenvalue weighted by molar-refractivity contribution is 5.77. The number of amides is 1. The summed E-state index contributed by atoms with van der Waals surface area (Å²) in [7, 11) is 0. The molecule has 0 atom stereocenters. The molecule has 5 heteroatoms. The first-order valence-electron chi connectivity index (χ1n) is 7.30. The van der Waals surface area contributed by atoms with Crippen LogP contribution in [-0.2, 0) is 11.3 Å². The van der Waals surface area contributed by atoms with Crippen LogP contribution < -0.4 is 11.1 Å². The molecule has 0 radical (unpaired) electrons. The molecule has 0 bridgehead atoms. The molecule has 0 fully saturated rings. The third-order valence-electron chi connectivity index (χ3n) is 3.56. The summed E-state index contributed by atoms with van der Waals surface area (Å²) in [6, 6.07) is 7.86. The van der Waals surface area contributed by atoms with Crippen molar-refractivity contribution in [1.29, 1.82) is 0 Å². The van der Waals surface area contributed by atoms with Crippen LogP contribution in [0.2, 0.25) is 0 Å². The number of carbonyl (C=O) groups excluding carboxylic acids is 1. The minimum atomic E-state index is -0.0145. The second-order valence-electron chi connectivity index (χ2n) is 5.09. The Balaban J connectivity index is 2.04. The fourth-order valence-electron chi connectivity index (χ4n) is 2.26. The first-order chi connectivity index (χ1) is 10.1. The Morgan fingerprint density at radius 2 is 2.05 bits per heavy atom. The number of para-hydroxylation sites is 1. The predicted molar refractivity (Wildman–Crippen MR) is 84.6 cm³/mol. The summed E-state index contributed by atoms with van der Waals surface area (Å²) >= 11 is 0. The fourth-order valence-corrected chi connectivity index (χ4v) is 2.26. The summed E-state index contributed by atoms with van der Waals surface area (Å²) in [4.78, 5) is 12.0. The summed E-state index contributed by atoms with van der Waals surface area (Å²) in [6.07, 6.45) is 5.45. The maximum atomic E-state index is 12.0. The van der Waals surface area contributed by atoms with E-state index in [1.807, 2.05) is 30.5 Å². The van der Waals surface area contributed by atoms with Crippen LogP contribution in [0.5, 0.6) is 0 Å². The molecule has 0 aliphatic heterocycles. The monoisotopic (exact) mass is 286 g/mol. The SMILES string of the molecule is CCC(CC)NC(=O)Cn1cc(-c2ccccc2N)cn1. The van der Waals surface area contributed by atoms with E-state index < -0.39 is 0 Å². The number of hydrogen-bond acceptors (Lipinski definition) is 3. The Morgan fingerprint density at radius 3 is 2.71 bits per heavy atom. The quantitative estimate of drug-likeness (QED) is 0.801. The maximum Gasteiger partial charge on any atom is 0.241 e. The lowest BCUT2D eigenvalue weighted by Gasteiger charge is -2.14. The fraction of sp³-hybridized carbons (Fsp3) is 0.375. The normalized spacial score (nSPS) is 10.8. The number of nitrogens with one attached hydrogen (secondary N) is 1. The van der Waals surface area contributed by atoms with Crippen LogP contribution in [-0.4, -0.2) is 21.7 Å². The van der Waals surface area contributed by atoms with E-state index >= 15 is 0 Å². The average Bonchev–Trinajstić information content (AvgIpc) is 2.93. The van der Waals surface area contributed by atoms with E-state index in [0.717, 1.165) is 24.0 Å². The van der Waals surface area contributed by atoms with Crippen molar-refractivity contribution in [1.82, 2.24) is 15.1 Å². The van der Waals surface area contributed by atoms with E-state index in [1.54, 1.807) is 10.9 Å². The van der Waals surface area contributed by atoms with Crippen LogP contribution in [0.1, 0.15) is 26.7 Å². The van der Waals surface area contributed by atoms with Crippen LogP contribution in [0.4, 0.5) is 5.69 Å². The van der Waals surface area contributed by atoms with Crippen molar-refractivity contribution in [2.24, 2.45) is 0 Å². The van der Waals surface area contributed by atoms with Crippen LogP contribution in [0.3, 0.4) is 0 Å². The molecule has 0 saturated heterocycles. The lowest BCUT2D eigenvalue weighted by molar-refractivity contribution is -0.122. The lowest BCUT2D eigenvalue weighted by Crippen LogP contribution is -2.36. The Kier molecular flexibility index (Phi) is 4.98. The molecule has 1 heterocycles. The largest absolute Gasteiger partial charge is 0.398 e. The smallest absolute Gasteiger partial charge is 0.241 e. The molecule has 1 aromatic heterocycles. The van der Waals surface area contributed by atoms with Gasteiger partial charge in [0.2, 0.25) is 5.91 Å². The van der Waals surface area contributed by atoms with Crippen molar-refractivity contribution in [3.8, 4) is 11.1 Å². The Morgan fingerprint density at radius 1 is 1.33 bits per heavy atom. The van der Waals surface area contributed by atoms with Gasteiger partial charge in [-0.3, -0.25) is 9.48 Å². The minimum Gasteiger partial charge on any atom is -0.398 e. The molecule has 0 aliphatic rings. The number of nitrogens with zero attached hydrogens (tertiary/aromatic N) is 2. The standard InChI is InChI=1S/C16H22N4O/c1-3-13(4-2)19-16(21)11-20-10-12(9-18-20)14-7-5-6-8-15(14)17/h5-10,13H,3-4,11,17H2,1-2H3,(H,19,21). The zero-order chi connectivity index (χ0) is 15.2. The molecule has 2 aromatic rings. The molecule has 1 aromatic carbocycles. The molecule has 0 aliphatic carbocycles. The van der Waals surface area contributed by atoms with Crippen molar-refractivity contribution in [3.05, 3.63) is 36.7 Å². The van der Waals surface area contributed by atoms with Crippen molar-refractivity contribution in [2.45, 2.75) is 39.3 Å². The molecule has 0 saturated carbocycles. The van der Waals surface area contributed by atoms with Crippen molar-refractivity contribution >= 4 is 11.6 Å². The molecule has 0 unspecified atom stereocenters. The maximum absolute atomic E-state index is 12.0. The molecule has 3 N–H and O–H groups in total. The zero-order valence-corrected chi connectivity index (χ0v) is 12.5. The highest BCUT2D eigenvalue weighted by atomic mass is 16.2. The van der Waals surface area contributed by atoms with Gasteiger partial charge < -0.3 is 11.1 Å². The van der Waals surface area contributed by atoms with Gasteiger partial charge in [-0.25, -0.2) is 0 Å². The number of nitrogens with two attached hydrogens (primary N) is 1. The van der Waals surface area contributed by atoms with Crippen molar-refractivity contribution in [3.63, 3.8) is 0 Å². The van der Waals surface area contributed by atoms with Gasteiger partial charge in [-0.05, 0) is 18.9 Å². The lowest BCUT2D eigenvalue weighted by atomic mass is 10.1. The number of hydrogen-bond donors (Lipinski definition) is 2. The second-order valence-corrected chi connectivity index (χ2v) is 5.09. The topological polar surface area (TPSA) is 72.9 Å². The van der Waals surface area contributed by atoms with E-state index in [4.69, 9.17) is 5.73 Å². The minimum absolute atomic E-state index is 0.0145. The number of benzene rings is 1. The molecule has 0 spiro atoms. The van der Waals surface area contributed by atoms with Gasteiger partial charge in [0.1, 0.15) is 6.54 Å². The number of nitrogen functional groups attached to an aromatic ring is 1. The number of carbonyl (C=O) groups is 1. The molecule has 1 amide bonds. The van der Waals surface area contributed by atoms with Gasteiger partial charge in [0.15, 0.2) is 0 Å². The van der Waals surface area contributed by atoms with Gasteiger partial charge >= 0.3 is 0 Å². The van der Waals surface area contributed by atoms with E-state index in [9.17, 15) is 4.79 Å². The first-order valence-corrected chi connectivity index (χ1v) is 7.30. The van der Waals surface area contributed by atoms with E-state index in [-0.39, 0.29) is 18.5 Å². The molecule has 112 valence electrons. The van der Waals surface area contributed by atoms with Gasteiger partial charge in [0, 0.05) is 29.1 Å². The molecular weight excluding hydrogens is 264 g/mol. The van der Waals surface area contributed by atoms with Crippen molar-refractivity contribution < 1.29 is 4.79 Å². The summed E-state index contributed by atoms with van der Waals surface area (Å²) in [6.45, 7) is 4.36. The van der Waals surface area contributed by atoms with E-state index in [1.165, 1.54) is 0 Å². The summed E-state index contributed by atoms with van der Waals surface area (Å²) in [5.74, 6) is -0.0145. The number of anilines is 1. The van der Waals surface area contributed by atoms with Crippen molar-refractivity contribution in [2.75, 3.05) is 5.73 Å². The van der Waals surface area contributed by atoms with Gasteiger partial charge in [-0.1, -0.05) is 32.0 Å². The Labute approximate surface area is 125 Å². The first kappa shape index (κ1) is 15.1. The predicted octanol–water partition coefficient (Wildman–Crippen LogP) is 2.44. The third kappa shape index (κ3) is 3.84. The number of aromatic nitrogens is 2. The molecule has 2 rings (SSSR count). The van der Waals surface area contributed by atoms with Gasteiger partial charge in [-0.15, -0.1) is 0 Å². The number of rotatable bonds is 6. The van der Waals surface area contributed by atoms with Crippen LogP contribution in [0, 0.1) is 0 Å². The highest BCUT2D eigenvalue weighted by Crippen LogP contribution is 2.24. The van der Waals surface area contributed by atoms with Gasteiger partial charge in [0.05, 0.1) is 6.20 Å². The van der Waals surface area contributed by atoms with Gasteiger partial charge in [-0.2, -0.15) is 5.10 Å². The summed E-state index contributed by atoms with van der Waals surface area (Å²) in [5.41, 5.74) is 8.51. The summed E-state index contributed by atoms with van der Waals surface area (Å²) in [5, 5.41) is 7.23. The summed E-state index contributed by atoms with van der Waals surface area (Å²) < 4.78 is 1.64. The average molecular weight is 286 g/mol. The van der Waals surface area contributed by atoms with E-state index in [2.05, 4.69) is 24.3 Å². The van der Waals surface area contributed by atoms with Crippen LogP contribution >= 0.6 is 0 Å². The van der Waals surface area contributed by atoms with E-state index in [0.29, 0.717) is 5.69 Å². The molecule has 5 nitrogen and oxygen atoms in total. The molecule has 21 heavy (non-hydrogen) atoms. The Bertz CT molecular complexity index is 602. The third-order valence-corrected chi connectivity index (χ3v) is 3.56. The molecular formula is C16H22N4O. The second kappa shape index (κ2) is 6.92.